The van der Waals surface area contributed by atoms with Crippen LogP contribution in [0.3, 0.4) is 0 Å². The fraction of sp³-hybridized carbons (Fsp3) is 0.354. The Hall–Kier alpha value is -13.7. The molecule has 14 N–H and O–H groups in total. The molecule has 7 amide bonds. The molecule has 0 aromatic heterocycles. The third-order valence-electron chi connectivity index (χ3n) is 22.8. The van der Waals surface area contributed by atoms with Crippen LogP contribution in [0.15, 0.2) is 325 Å². The van der Waals surface area contributed by atoms with Gasteiger partial charge in [0, 0.05) is 85.1 Å². The second kappa shape index (κ2) is 73.4. The number of allylic oxidation sites excluding steroid dienone is 1. The largest absolute Gasteiger partial charge is 0.508 e. The number of ether oxygens (including phenoxy) is 2. The Morgan fingerprint density at radius 3 is 1.22 bits per heavy atom. The summed E-state index contributed by atoms with van der Waals surface area (Å²) in [5.74, 6) is 4.47. The first-order valence-electron chi connectivity index (χ1n) is 49.2. The van der Waals surface area contributed by atoms with Crippen molar-refractivity contribution in [2.24, 2.45) is 16.2 Å². The van der Waals surface area contributed by atoms with Crippen LogP contribution in [-0.4, -0.2) is 176 Å². The van der Waals surface area contributed by atoms with Gasteiger partial charge in [-0.25, -0.2) is 10.7 Å². The summed E-state index contributed by atoms with van der Waals surface area (Å²) in [5, 5.41) is 49.1. The minimum atomic E-state index is -2.13. The van der Waals surface area contributed by atoms with Crippen LogP contribution in [0.4, 0.5) is 0 Å². The van der Waals surface area contributed by atoms with Crippen molar-refractivity contribution >= 4 is 98.7 Å². The molecule has 10 aromatic carbocycles. The summed E-state index contributed by atoms with van der Waals surface area (Å²) in [6.07, 6.45) is 10.3. The Balaban J connectivity index is 0.000000265. The van der Waals surface area contributed by atoms with Crippen LogP contribution >= 0.6 is 24.0 Å². The molecule has 0 radical (unpaired) electrons. The second-order valence-electron chi connectivity index (χ2n) is 34.8. The number of carbonyl (C=O) groups is 9. The van der Waals surface area contributed by atoms with Gasteiger partial charge in [0.25, 0.3) is 0 Å². The van der Waals surface area contributed by atoms with Gasteiger partial charge in [-0.3, -0.25) is 48.0 Å². The molecule has 0 bridgehead atoms. The fourth-order valence-electron chi connectivity index (χ4n) is 14.7. The normalized spacial score (nSPS) is 16.1. The SMILES string of the molecule is CCOC(C)=O.CN1C(=O)CC[C@H]1C(=O)NCc1ccccc1.CN[C@@H](CC/C(O)=C/[S+](C)(C)=O)C(=O)NCc1ccccc1.CN[C@@H](CCC(CCl)=NOCc1ccccc1)C(=O)NCc1ccccc1.Cl.NOCc1ccccc1.O=C(NCc1ccccc1)[C@@H]1CCC(=NOCc2ccccc2)CN1.O=C(NCc1ccccc1)[C@@H]1CC[C@@H](NOCc2ccccc2)CN1.O=C1CC[C@@H](C(=O)OCc2ccccc2)N1. The number of piperidine rings is 2. The fourth-order valence-corrected chi connectivity index (χ4v) is 15.6. The van der Waals surface area contributed by atoms with E-state index in [1.54, 1.807) is 40.6 Å². The van der Waals surface area contributed by atoms with Crippen LogP contribution in [0, 0.1) is 0 Å². The lowest BCUT2D eigenvalue weighted by Crippen LogP contribution is -2.53. The molecule has 4 aliphatic rings. The maximum atomic E-state index is 12.4. The number of hydrogen-bond acceptors (Lipinski definition) is 25. The second-order valence-corrected chi connectivity index (χ2v) is 37.9. The van der Waals surface area contributed by atoms with Gasteiger partial charge in [0.15, 0.2) is 5.41 Å². The number of aliphatic hydroxyl groups is 1. The van der Waals surface area contributed by atoms with Crippen LogP contribution < -0.4 is 64.5 Å². The van der Waals surface area contributed by atoms with Gasteiger partial charge in [-0.15, -0.1) is 28.2 Å². The molecular formula is C113H146Cl2N15O17S+. The van der Waals surface area contributed by atoms with Crippen molar-refractivity contribution < 1.29 is 81.3 Å². The molecule has 0 unspecified atom stereocenters. The van der Waals surface area contributed by atoms with Crippen LogP contribution in [-0.2, 0) is 152 Å². The highest BCUT2D eigenvalue weighted by atomic mass is 35.5. The average molecular weight is 2090 g/mol. The number of likely N-dealkylation sites (N-methyl/N-ethyl adjacent to an activating group) is 3. The van der Waals surface area contributed by atoms with Crippen molar-refractivity contribution in [3.63, 3.8) is 0 Å². The molecule has 4 fully saturated rings. The number of hydrogen-bond donors (Lipinski definition) is 13. The lowest BCUT2D eigenvalue weighted by molar-refractivity contribution is -0.147. The van der Waals surface area contributed by atoms with E-state index in [2.05, 4.69) is 78.5 Å². The number of nitrogens with zero attached hydrogens (tertiary/aromatic N) is 3. The Morgan fingerprint density at radius 2 is 0.865 bits per heavy atom. The molecule has 32 nitrogen and oxygen atoms in total. The van der Waals surface area contributed by atoms with Gasteiger partial charge in [-0.1, -0.05) is 314 Å². The summed E-state index contributed by atoms with van der Waals surface area (Å²) in [4.78, 5) is 127. The van der Waals surface area contributed by atoms with E-state index in [0.717, 1.165) is 99.3 Å². The molecule has 0 spiro atoms. The zero-order chi connectivity index (χ0) is 106. The summed E-state index contributed by atoms with van der Waals surface area (Å²) >= 11 is 5.96. The zero-order valence-corrected chi connectivity index (χ0v) is 87.9. The molecule has 148 heavy (non-hydrogen) atoms. The maximum Gasteiger partial charge on any atom is 0.328 e. The number of amides is 7. The van der Waals surface area contributed by atoms with Gasteiger partial charge >= 0.3 is 11.9 Å². The average Bonchev–Trinajstić information content (AvgIpc) is 1.73. The first-order chi connectivity index (χ1) is 71.3. The molecule has 14 rings (SSSR count). The quantitative estimate of drug-likeness (QED) is 0.00423. The number of nitrogens with one attached hydrogen (secondary N) is 11. The molecule has 0 saturated carbocycles. The van der Waals surface area contributed by atoms with Gasteiger partial charge in [0.05, 0.1) is 61.3 Å². The standard InChI is InChI=1S/C21H26ClN3O2.C20H25N3O2.C20H23N3O2.C16H24N2O3S.C13H16N2O2.C12H13NO3.C7H9NO.C4H8O2.ClH/c1-23-20(21(26)24-15-17-8-4-2-5-9-17)13-12-19(14-22)25-27-16-18-10-6-3-7-11-18;2*24-20(22-13-16-7-3-1-4-8-16)19-12-11-18(14-21-19)23-25-15-17-9-5-2-6-10-17;1-17-15(10-9-14(19)12-22(2,3)21)16(20)18-11-13-7-5-4-6-8-13;1-15-11(7-8-12(15)16)13(17)14-9-10-5-3-2-4-6-10;14-11-7-6-10(13-11)12(15)16-8-9-4-2-1-3-5-9;8-9-6-7-4-2-1-3-5-7;1-3-6-4(2)5;/h2-11,20,23H,12-16H2,1H3,(H,24,26);1-10,18-19,21,23H,11-15H2,(H,22,24);1-10,19,21H,11-15H2,(H,22,24);4-8,12,15,17H,9-11H2,1-3H3,(H-,18,19,20,21);2-6,11H,7-9H2,1H3,(H,14,17);1-5,10H,6-8H2,(H,13,14);1-5H,6,8H2;3H2,1-2H3;1H/p+1/t20-;18-,19+;19-;15-;11-;10-;;;/m010000.../s1. The lowest BCUT2D eigenvalue weighted by atomic mass is 10.0. The molecule has 7 atom stereocenters. The molecular weight excluding hydrogens is 1940 g/mol. The van der Waals surface area contributed by atoms with E-state index in [9.17, 15) is 52.5 Å². The van der Waals surface area contributed by atoms with Gasteiger partial charge < -0.3 is 82.3 Å². The lowest BCUT2D eigenvalue weighted by Gasteiger charge is -2.29. The van der Waals surface area contributed by atoms with Crippen LogP contribution in [0.1, 0.15) is 147 Å². The number of carbonyl (C=O) groups excluding carboxylic acids is 9. The van der Waals surface area contributed by atoms with Gasteiger partial charge in [-0.2, -0.15) is 5.48 Å². The molecule has 0 aliphatic carbocycles. The van der Waals surface area contributed by atoms with Crippen molar-refractivity contribution in [3.05, 3.63) is 370 Å². The molecule has 794 valence electrons. The van der Waals surface area contributed by atoms with Crippen molar-refractivity contribution in [1.82, 2.24) is 63.5 Å². The van der Waals surface area contributed by atoms with E-state index in [1.165, 1.54) is 17.2 Å². The summed E-state index contributed by atoms with van der Waals surface area (Å²) < 4.78 is 21.1. The first-order valence-corrected chi connectivity index (χ1v) is 52.2. The van der Waals surface area contributed by atoms with E-state index in [-0.39, 0.29) is 114 Å². The van der Waals surface area contributed by atoms with Crippen molar-refractivity contribution in [3.8, 4) is 0 Å². The summed E-state index contributed by atoms with van der Waals surface area (Å²) in [7, 11) is 3.03. The van der Waals surface area contributed by atoms with Crippen LogP contribution in [0.25, 0.3) is 0 Å². The topological polar surface area (TPSA) is 433 Å². The van der Waals surface area contributed by atoms with Gasteiger partial charge in [-0.05, 0) is 134 Å². The van der Waals surface area contributed by atoms with E-state index in [4.69, 9.17) is 36.7 Å². The number of nitrogens with two attached hydrogens (primary N) is 1. The Labute approximate surface area is 882 Å². The minimum absolute atomic E-state index is 0. The van der Waals surface area contributed by atoms with Gasteiger partial charge in [0.1, 0.15) is 60.1 Å². The Kier molecular flexibility index (Phi) is 61.0. The van der Waals surface area contributed by atoms with Gasteiger partial charge in [0.2, 0.25) is 41.4 Å². The summed E-state index contributed by atoms with van der Waals surface area (Å²) in [6, 6.07) is 96.6. The highest BCUT2D eigenvalue weighted by molar-refractivity contribution is 8.04. The van der Waals surface area contributed by atoms with E-state index < -0.39 is 22.0 Å². The molecule has 4 saturated heterocycles. The number of benzene rings is 10. The number of esters is 2. The van der Waals surface area contributed by atoms with E-state index in [0.29, 0.717) is 124 Å². The molecule has 35 heteroatoms. The first kappa shape index (κ1) is 123. The number of halogens is 2. The smallest absolute Gasteiger partial charge is 0.328 e. The molecule has 4 heterocycles. The van der Waals surface area contributed by atoms with Crippen molar-refractivity contribution in [2.45, 2.75) is 199 Å². The predicted octanol–water partition coefficient (Wildman–Crippen LogP) is 14.1. The molecule has 4 aliphatic heterocycles. The highest BCUT2D eigenvalue weighted by Crippen LogP contribution is 2.20. The van der Waals surface area contributed by atoms with E-state index in [1.807, 2.05) is 303 Å². The predicted molar refractivity (Wildman–Crippen MR) is 583 cm³/mol. The third kappa shape index (κ3) is 53.1. The summed E-state index contributed by atoms with van der Waals surface area (Å²) in [6.45, 7) is 9.71. The molecule has 10 aromatic rings. The Bertz CT molecular complexity index is 5560. The number of hydroxylamine groups is 1. The third-order valence-corrected chi connectivity index (χ3v) is 23.9. The minimum Gasteiger partial charge on any atom is -0.508 e. The number of likely N-dealkylation sites (tertiary alicyclic amines) is 1. The number of aliphatic hydroxyl groups excluding tert-OH is 1. The summed E-state index contributed by atoms with van der Waals surface area (Å²) in [5.41, 5.74) is 15.5. The van der Waals surface area contributed by atoms with Crippen molar-refractivity contribution in [1.29, 1.82) is 0 Å². The zero-order valence-electron chi connectivity index (χ0n) is 85.5. The number of rotatable bonds is 41. The highest BCUT2D eigenvalue weighted by Gasteiger charge is 2.34. The number of alkyl halides is 1. The van der Waals surface area contributed by atoms with Crippen LogP contribution in [0.5, 0.6) is 0 Å². The Morgan fingerprint density at radius 1 is 0.480 bits per heavy atom. The number of oxime groups is 2. The van der Waals surface area contributed by atoms with Crippen molar-refractivity contribution in [2.75, 3.05) is 59.2 Å². The maximum absolute atomic E-state index is 12.4. The monoisotopic (exact) mass is 2090 g/mol. The van der Waals surface area contributed by atoms with Crippen LogP contribution in [0.2, 0.25) is 0 Å². The van der Waals surface area contributed by atoms with E-state index >= 15 is 0 Å².